The zero-order valence-electron chi connectivity index (χ0n) is 11.3. The molecule has 0 bridgehead atoms. The molecule has 1 fully saturated rings. The van der Waals surface area contributed by atoms with Crippen LogP contribution < -0.4 is 5.73 Å². The standard InChI is InChI=1S/C13H21N3O2/c1-4-10-9(2)11(14)16-12(15-10)13(17-3)5-7-18-8-6-13/h4-8H2,1-3H3,(H2,14,15,16). The molecule has 2 rings (SSSR count). The Kier molecular flexibility index (Phi) is 3.82. The first kappa shape index (κ1) is 13.2. The van der Waals surface area contributed by atoms with E-state index >= 15 is 0 Å². The minimum atomic E-state index is -0.440. The molecule has 0 aromatic carbocycles. The second-order valence-corrected chi connectivity index (χ2v) is 4.67. The van der Waals surface area contributed by atoms with Gasteiger partial charge in [0.1, 0.15) is 11.4 Å². The van der Waals surface area contributed by atoms with Crippen molar-refractivity contribution in [2.24, 2.45) is 0 Å². The van der Waals surface area contributed by atoms with Gasteiger partial charge in [-0.25, -0.2) is 9.97 Å². The van der Waals surface area contributed by atoms with Gasteiger partial charge in [0.15, 0.2) is 5.82 Å². The normalized spacial score (nSPS) is 18.8. The van der Waals surface area contributed by atoms with Crippen LogP contribution >= 0.6 is 0 Å². The minimum Gasteiger partial charge on any atom is -0.383 e. The van der Waals surface area contributed by atoms with Gasteiger partial charge in [0.25, 0.3) is 0 Å². The highest BCUT2D eigenvalue weighted by molar-refractivity contribution is 5.41. The summed E-state index contributed by atoms with van der Waals surface area (Å²) in [5.74, 6) is 1.26. The van der Waals surface area contributed by atoms with Crippen molar-refractivity contribution < 1.29 is 9.47 Å². The highest BCUT2D eigenvalue weighted by Gasteiger charge is 2.38. The molecule has 1 aliphatic heterocycles. The molecule has 100 valence electrons. The Labute approximate surface area is 108 Å². The molecule has 1 saturated heterocycles. The number of hydrogen-bond acceptors (Lipinski definition) is 5. The Hall–Kier alpha value is -1.20. The number of hydrogen-bond donors (Lipinski definition) is 1. The third-order valence-corrected chi connectivity index (χ3v) is 3.72. The maximum absolute atomic E-state index is 5.98. The largest absolute Gasteiger partial charge is 0.383 e. The van der Waals surface area contributed by atoms with E-state index in [1.165, 1.54) is 0 Å². The second-order valence-electron chi connectivity index (χ2n) is 4.67. The molecule has 0 radical (unpaired) electrons. The van der Waals surface area contributed by atoms with E-state index in [4.69, 9.17) is 15.2 Å². The van der Waals surface area contributed by atoms with Crippen LogP contribution in [0.15, 0.2) is 0 Å². The van der Waals surface area contributed by atoms with E-state index in [1.54, 1.807) is 7.11 Å². The van der Waals surface area contributed by atoms with Crippen LogP contribution in [-0.4, -0.2) is 30.3 Å². The van der Waals surface area contributed by atoms with Crippen molar-refractivity contribution in [1.82, 2.24) is 9.97 Å². The highest BCUT2D eigenvalue weighted by atomic mass is 16.5. The SMILES string of the molecule is CCc1nc(C2(OC)CCOCC2)nc(N)c1C. The molecule has 0 saturated carbocycles. The Bertz CT molecular complexity index is 428. The number of rotatable bonds is 3. The van der Waals surface area contributed by atoms with Crippen LogP contribution in [0, 0.1) is 6.92 Å². The molecule has 2 N–H and O–H groups in total. The molecule has 1 aromatic rings. The van der Waals surface area contributed by atoms with E-state index in [0.29, 0.717) is 24.9 Å². The van der Waals surface area contributed by atoms with Crippen molar-refractivity contribution >= 4 is 5.82 Å². The summed E-state index contributed by atoms with van der Waals surface area (Å²) in [6.45, 7) is 5.38. The number of anilines is 1. The molecule has 2 heterocycles. The van der Waals surface area contributed by atoms with Gasteiger partial charge < -0.3 is 15.2 Å². The maximum Gasteiger partial charge on any atom is 0.163 e. The molecule has 5 heteroatoms. The molecular weight excluding hydrogens is 230 g/mol. The van der Waals surface area contributed by atoms with E-state index in [2.05, 4.69) is 16.9 Å². The molecule has 0 atom stereocenters. The van der Waals surface area contributed by atoms with E-state index in [-0.39, 0.29) is 0 Å². The number of nitrogens with two attached hydrogens (primary N) is 1. The predicted octanol–water partition coefficient (Wildman–Crippen LogP) is 1.58. The quantitative estimate of drug-likeness (QED) is 0.883. The van der Waals surface area contributed by atoms with Gasteiger partial charge >= 0.3 is 0 Å². The molecular formula is C13H21N3O2. The zero-order valence-corrected chi connectivity index (χ0v) is 11.3. The van der Waals surface area contributed by atoms with Gasteiger partial charge in [-0.05, 0) is 13.3 Å². The molecule has 0 aliphatic carbocycles. The molecule has 0 spiro atoms. The number of ether oxygens (including phenoxy) is 2. The van der Waals surface area contributed by atoms with E-state index in [0.717, 1.165) is 30.5 Å². The third kappa shape index (κ3) is 2.20. The van der Waals surface area contributed by atoms with Crippen LogP contribution in [-0.2, 0) is 21.5 Å². The number of nitrogen functional groups attached to an aromatic ring is 1. The van der Waals surface area contributed by atoms with Gasteiger partial charge in [0.05, 0.1) is 0 Å². The van der Waals surface area contributed by atoms with Crippen molar-refractivity contribution in [2.45, 2.75) is 38.7 Å². The number of aromatic nitrogens is 2. The number of methoxy groups -OCH3 is 1. The van der Waals surface area contributed by atoms with Crippen molar-refractivity contribution in [2.75, 3.05) is 26.1 Å². The Morgan fingerprint density at radius 1 is 1.33 bits per heavy atom. The smallest absolute Gasteiger partial charge is 0.163 e. The number of aryl methyl sites for hydroxylation is 1. The number of nitrogens with zero attached hydrogens (tertiary/aromatic N) is 2. The summed E-state index contributed by atoms with van der Waals surface area (Å²) in [5.41, 5.74) is 7.51. The van der Waals surface area contributed by atoms with Gasteiger partial charge in [-0.2, -0.15) is 0 Å². The Morgan fingerprint density at radius 2 is 2.00 bits per heavy atom. The van der Waals surface area contributed by atoms with Crippen LogP contribution in [0.5, 0.6) is 0 Å². The predicted molar refractivity (Wildman–Crippen MR) is 69.3 cm³/mol. The van der Waals surface area contributed by atoms with Gasteiger partial charge in [-0.3, -0.25) is 0 Å². The maximum atomic E-state index is 5.98. The molecule has 18 heavy (non-hydrogen) atoms. The topological polar surface area (TPSA) is 70.3 Å². The van der Waals surface area contributed by atoms with E-state index < -0.39 is 5.60 Å². The lowest BCUT2D eigenvalue weighted by Crippen LogP contribution is -2.38. The van der Waals surface area contributed by atoms with Crippen molar-refractivity contribution in [3.05, 3.63) is 17.1 Å². The van der Waals surface area contributed by atoms with Crippen molar-refractivity contribution in [3.63, 3.8) is 0 Å². The highest BCUT2D eigenvalue weighted by Crippen LogP contribution is 2.34. The van der Waals surface area contributed by atoms with E-state index in [9.17, 15) is 0 Å². The fourth-order valence-corrected chi connectivity index (χ4v) is 2.35. The van der Waals surface area contributed by atoms with Crippen LogP contribution in [0.3, 0.4) is 0 Å². The fraction of sp³-hybridized carbons (Fsp3) is 0.692. The first-order valence-electron chi connectivity index (χ1n) is 6.39. The fourth-order valence-electron chi connectivity index (χ4n) is 2.35. The summed E-state index contributed by atoms with van der Waals surface area (Å²) < 4.78 is 11.1. The molecule has 0 amide bonds. The van der Waals surface area contributed by atoms with Crippen molar-refractivity contribution in [3.8, 4) is 0 Å². The van der Waals surface area contributed by atoms with Crippen LogP contribution in [0.25, 0.3) is 0 Å². The monoisotopic (exact) mass is 251 g/mol. The molecule has 0 unspecified atom stereocenters. The molecule has 5 nitrogen and oxygen atoms in total. The average Bonchev–Trinajstić information content (AvgIpc) is 2.42. The average molecular weight is 251 g/mol. The summed E-state index contributed by atoms with van der Waals surface area (Å²) in [7, 11) is 1.70. The van der Waals surface area contributed by atoms with Gasteiger partial charge in [0, 0.05) is 44.4 Å². The zero-order chi connectivity index (χ0) is 13.2. The van der Waals surface area contributed by atoms with Crippen LogP contribution in [0.2, 0.25) is 0 Å². The first-order chi connectivity index (χ1) is 8.63. The van der Waals surface area contributed by atoms with Crippen LogP contribution in [0.1, 0.15) is 36.8 Å². The summed E-state index contributed by atoms with van der Waals surface area (Å²) in [5, 5.41) is 0. The Morgan fingerprint density at radius 3 is 2.56 bits per heavy atom. The Balaban J connectivity index is 2.45. The van der Waals surface area contributed by atoms with Gasteiger partial charge in [-0.1, -0.05) is 6.92 Å². The lowest BCUT2D eigenvalue weighted by atomic mass is 9.92. The lowest BCUT2D eigenvalue weighted by Gasteiger charge is -2.34. The molecule has 1 aromatic heterocycles. The van der Waals surface area contributed by atoms with Crippen molar-refractivity contribution in [1.29, 1.82) is 0 Å². The summed E-state index contributed by atoms with van der Waals surface area (Å²) in [6, 6.07) is 0. The summed E-state index contributed by atoms with van der Waals surface area (Å²) >= 11 is 0. The summed E-state index contributed by atoms with van der Waals surface area (Å²) in [4.78, 5) is 9.08. The van der Waals surface area contributed by atoms with Gasteiger partial charge in [-0.15, -0.1) is 0 Å². The lowest BCUT2D eigenvalue weighted by molar-refractivity contribution is -0.1000. The first-order valence-corrected chi connectivity index (χ1v) is 6.39. The third-order valence-electron chi connectivity index (χ3n) is 3.72. The summed E-state index contributed by atoms with van der Waals surface area (Å²) in [6.07, 6.45) is 2.39. The second kappa shape index (κ2) is 5.20. The van der Waals surface area contributed by atoms with Crippen LogP contribution in [0.4, 0.5) is 5.82 Å². The molecule has 1 aliphatic rings. The minimum absolute atomic E-state index is 0.440. The van der Waals surface area contributed by atoms with Gasteiger partial charge in [0.2, 0.25) is 0 Å². The van der Waals surface area contributed by atoms with E-state index in [1.807, 2.05) is 6.92 Å².